The van der Waals surface area contributed by atoms with Gasteiger partial charge in [-0.3, -0.25) is 0 Å². The molecular formula is C14H16N4O3. The first-order chi connectivity index (χ1) is 10.1. The van der Waals surface area contributed by atoms with Gasteiger partial charge in [0.15, 0.2) is 0 Å². The second-order valence-electron chi connectivity index (χ2n) is 4.27. The number of rotatable bonds is 5. The van der Waals surface area contributed by atoms with Gasteiger partial charge in [-0.2, -0.15) is 0 Å². The van der Waals surface area contributed by atoms with E-state index in [1.807, 2.05) is 12.1 Å². The number of carbonyl (C=O) groups excluding carboxylic acids is 1. The molecule has 2 rings (SSSR count). The van der Waals surface area contributed by atoms with Crippen LogP contribution >= 0.6 is 0 Å². The quantitative estimate of drug-likeness (QED) is 0.836. The summed E-state index contributed by atoms with van der Waals surface area (Å²) in [5, 5.41) is 3.13. The predicted molar refractivity (Wildman–Crippen MR) is 76.2 cm³/mol. The summed E-state index contributed by atoms with van der Waals surface area (Å²) in [7, 11) is 2.86. The summed E-state index contributed by atoms with van der Waals surface area (Å²) in [5.74, 6) is 0.571. The monoisotopic (exact) mass is 288 g/mol. The lowest BCUT2D eigenvalue weighted by Crippen LogP contribution is -2.11. The molecule has 0 radical (unpaired) electrons. The minimum atomic E-state index is -0.563. The number of ether oxygens (including phenoxy) is 2. The molecule has 0 spiro atoms. The fourth-order valence-corrected chi connectivity index (χ4v) is 1.71. The van der Waals surface area contributed by atoms with E-state index in [1.54, 1.807) is 26.3 Å². The maximum absolute atomic E-state index is 11.5. The number of aromatic nitrogens is 3. The zero-order chi connectivity index (χ0) is 15.2. The summed E-state index contributed by atoms with van der Waals surface area (Å²) >= 11 is 0. The molecular weight excluding hydrogens is 272 g/mol. The summed E-state index contributed by atoms with van der Waals surface area (Å²) in [4.78, 5) is 23.7. The van der Waals surface area contributed by atoms with Crippen molar-refractivity contribution in [3.05, 3.63) is 41.5 Å². The minimum Gasteiger partial charge on any atom is -0.481 e. The molecule has 0 saturated heterocycles. The molecule has 0 bridgehead atoms. The first kappa shape index (κ1) is 14.7. The lowest BCUT2D eigenvalue weighted by atomic mass is 10.2. The van der Waals surface area contributed by atoms with E-state index in [-0.39, 0.29) is 5.82 Å². The molecule has 110 valence electrons. The van der Waals surface area contributed by atoms with Crippen molar-refractivity contribution < 1.29 is 14.3 Å². The van der Waals surface area contributed by atoms with Crippen LogP contribution in [0, 0.1) is 6.92 Å². The van der Waals surface area contributed by atoms with Crippen molar-refractivity contribution in [1.29, 1.82) is 0 Å². The largest absolute Gasteiger partial charge is 0.481 e. The topological polar surface area (TPSA) is 86.2 Å². The Morgan fingerprint density at radius 2 is 2.10 bits per heavy atom. The van der Waals surface area contributed by atoms with Crippen molar-refractivity contribution in [2.45, 2.75) is 13.5 Å². The molecule has 1 N–H and O–H groups in total. The van der Waals surface area contributed by atoms with Gasteiger partial charge in [0, 0.05) is 30.6 Å². The number of nitrogens with one attached hydrogen (secondary N) is 1. The number of carbonyl (C=O) groups is 1. The Labute approximate surface area is 122 Å². The summed E-state index contributed by atoms with van der Waals surface area (Å²) in [5.41, 5.74) is 1.66. The lowest BCUT2D eigenvalue weighted by molar-refractivity contribution is 0.0586. The van der Waals surface area contributed by atoms with Crippen LogP contribution in [0.15, 0.2) is 24.4 Å². The van der Waals surface area contributed by atoms with Crippen molar-refractivity contribution in [3.8, 4) is 5.88 Å². The van der Waals surface area contributed by atoms with Crippen LogP contribution in [0.25, 0.3) is 0 Å². The number of methoxy groups -OCH3 is 2. The van der Waals surface area contributed by atoms with Crippen molar-refractivity contribution >= 4 is 11.8 Å². The van der Waals surface area contributed by atoms with Crippen molar-refractivity contribution in [2.24, 2.45) is 0 Å². The van der Waals surface area contributed by atoms with E-state index in [0.29, 0.717) is 23.9 Å². The van der Waals surface area contributed by atoms with Gasteiger partial charge in [0.25, 0.3) is 0 Å². The van der Waals surface area contributed by atoms with E-state index < -0.39 is 5.97 Å². The van der Waals surface area contributed by atoms with Gasteiger partial charge in [-0.15, -0.1) is 0 Å². The first-order valence-corrected chi connectivity index (χ1v) is 6.29. The van der Waals surface area contributed by atoms with Gasteiger partial charge >= 0.3 is 5.97 Å². The zero-order valence-electron chi connectivity index (χ0n) is 12.1. The van der Waals surface area contributed by atoms with E-state index in [1.165, 1.54) is 7.11 Å². The van der Waals surface area contributed by atoms with Crippen LogP contribution in [-0.4, -0.2) is 35.1 Å². The highest BCUT2D eigenvalue weighted by molar-refractivity contribution is 5.85. The second-order valence-corrected chi connectivity index (χ2v) is 4.27. The molecule has 0 fully saturated rings. The van der Waals surface area contributed by atoms with Gasteiger partial charge in [-0.25, -0.2) is 19.7 Å². The third kappa shape index (κ3) is 3.88. The Bertz CT molecular complexity index is 646. The van der Waals surface area contributed by atoms with Crippen LogP contribution in [-0.2, 0) is 11.3 Å². The first-order valence-electron chi connectivity index (χ1n) is 6.29. The number of anilines is 1. The minimum absolute atomic E-state index is 0.0345. The summed E-state index contributed by atoms with van der Waals surface area (Å²) in [6, 6.07) is 5.44. The SMILES string of the molecule is COC(=O)c1nc(C)cc(NCc2ccnc(OC)c2)n1. The van der Waals surface area contributed by atoms with Crippen LogP contribution in [0.3, 0.4) is 0 Å². The van der Waals surface area contributed by atoms with E-state index in [9.17, 15) is 4.79 Å². The van der Waals surface area contributed by atoms with Crippen molar-refractivity contribution in [3.63, 3.8) is 0 Å². The molecule has 0 aliphatic heterocycles. The van der Waals surface area contributed by atoms with Crippen LogP contribution in [0.4, 0.5) is 5.82 Å². The Hall–Kier alpha value is -2.70. The molecule has 2 aromatic rings. The normalized spacial score (nSPS) is 10.0. The lowest BCUT2D eigenvalue weighted by Gasteiger charge is -2.08. The summed E-state index contributed by atoms with van der Waals surface area (Å²) in [6.07, 6.45) is 1.67. The third-order valence-corrected chi connectivity index (χ3v) is 2.70. The second kappa shape index (κ2) is 6.65. The Balaban J connectivity index is 2.12. The average molecular weight is 288 g/mol. The number of hydrogen-bond donors (Lipinski definition) is 1. The highest BCUT2D eigenvalue weighted by Crippen LogP contribution is 2.12. The highest BCUT2D eigenvalue weighted by atomic mass is 16.5. The van der Waals surface area contributed by atoms with Crippen LogP contribution in [0.2, 0.25) is 0 Å². The number of hydrogen-bond acceptors (Lipinski definition) is 7. The van der Waals surface area contributed by atoms with Gasteiger partial charge in [0.1, 0.15) is 5.82 Å². The summed E-state index contributed by atoms with van der Waals surface area (Å²) in [6.45, 7) is 2.31. The number of aryl methyl sites for hydroxylation is 1. The van der Waals surface area contributed by atoms with E-state index in [2.05, 4.69) is 25.0 Å². The highest BCUT2D eigenvalue weighted by Gasteiger charge is 2.11. The smallest absolute Gasteiger partial charge is 0.376 e. The molecule has 0 atom stereocenters. The van der Waals surface area contributed by atoms with E-state index in [4.69, 9.17) is 4.74 Å². The Morgan fingerprint density at radius 1 is 1.29 bits per heavy atom. The maximum atomic E-state index is 11.5. The van der Waals surface area contributed by atoms with Crippen molar-refractivity contribution in [1.82, 2.24) is 15.0 Å². The molecule has 7 heteroatoms. The van der Waals surface area contributed by atoms with Gasteiger partial charge in [-0.1, -0.05) is 0 Å². The molecule has 21 heavy (non-hydrogen) atoms. The number of nitrogens with zero attached hydrogens (tertiary/aromatic N) is 3. The fourth-order valence-electron chi connectivity index (χ4n) is 1.71. The molecule has 0 amide bonds. The maximum Gasteiger partial charge on any atom is 0.376 e. The van der Waals surface area contributed by atoms with Crippen LogP contribution in [0.5, 0.6) is 5.88 Å². The number of esters is 1. The van der Waals surface area contributed by atoms with E-state index >= 15 is 0 Å². The molecule has 0 saturated carbocycles. The zero-order valence-corrected chi connectivity index (χ0v) is 12.1. The number of pyridine rings is 1. The Morgan fingerprint density at radius 3 is 2.81 bits per heavy atom. The molecule has 2 aromatic heterocycles. The average Bonchev–Trinajstić information content (AvgIpc) is 2.51. The molecule has 2 heterocycles. The van der Waals surface area contributed by atoms with Gasteiger partial charge in [0.05, 0.1) is 14.2 Å². The molecule has 0 aliphatic rings. The van der Waals surface area contributed by atoms with Crippen LogP contribution in [0.1, 0.15) is 21.9 Å². The molecule has 0 unspecified atom stereocenters. The van der Waals surface area contributed by atoms with Gasteiger partial charge < -0.3 is 14.8 Å². The predicted octanol–water partition coefficient (Wildman–Crippen LogP) is 1.59. The van der Waals surface area contributed by atoms with E-state index in [0.717, 1.165) is 5.56 Å². The fraction of sp³-hybridized carbons (Fsp3) is 0.286. The molecule has 7 nitrogen and oxygen atoms in total. The standard InChI is InChI=1S/C14H16N4O3/c1-9-6-11(18-13(17-9)14(19)21-3)16-8-10-4-5-15-12(7-10)20-2/h4-7H,8H2,1-3H3,(H,16,17,18). The third-order valence-electron chi connectivity index (χ3n) is 2.70. The Kier molecular flexibility index (Phi) is 4.65. The molecule has 0 aromatic carbocycles. The summed E-state index contributed by atoms with van der Waals surface area (Å²) < 4.78 is 9.69. The van der Waals surface area contributed by atoms with Gasteiger partial charge in [-0.05, 0) is 18.6 Å². The van der Waals surface area contributed by atoms with Gasteiger partial charge in [0.2, 0.25) is 11.7 Å². The van der Waals surface area contributed by atoms with Crippen LogP contribution < -0.4 is 10.1 Å². The van der Waals surface area contributed by atoms with Crippen molar-refractivity contribution in [2.75, 3.05) is 19.5 Å². The molecule has 0 aliphatic carbocycles.